The van der Waals surface area contributed by atoms with E-state index >= 15 is 0 Å². The monoisotopic (exact) mass is 497 g/mol. The van der Waals surface area contributed by atoms with Gasteiger partial charge in [0, 0.05) is 11.6 Å². The number of ether oxygens (including phenoxy) is 1. The number of carbonyl (C=O) groups excluding carboxylic acids is 1. The van der Waals surface area contributed by atoms with E-state index in [1.165, 1.54) is 0 Å². The first-order chi connectivity index (χ1) is 14.9. The molecule has 0 saturated carbocycles. The second-order valence-electron chi connectivity index (χ2n) is 7.04. The lowest BCUT2D eigenvalue weighted by Crippen LogP contribution is -2.29. The largest absolute Gasteiger partial charge is 0.376 e. The van der Waals surface area contributed by atoms with Gasteiger partial charge in [-0.1, -0.05) is 52.6 Å². The van der Waals surface area contributed by atoms with Gasteiger partial charge in [0.1, 0.15) is 0 Å². The number of amides is 1. The Morgan fingerprint density at radius 3 is 2.71 bits per heavy atom. The molecule has 0 spiro atoms. The first kappa shape index (κ1) is 22.4. The molecular weight excluding hydrogens is 481 g/mol. The fraction of sp³-hybridized carbons (Fsp3) is 0.286. The topological polar surface area (TPSA) is 73.2 Å². The van der Waals surface area contributed by atoms with Crippen LogP contribution in [0.2, 0.25) is 15.1 Å². The molecule has 0 bridgehead atoms. The molecule has 162 valence electrons. The van der Waals surface area contributed by atoms with E-state index in [0.29, 0.717) is 50.0 Å². The number of nitrogens with one attached hydrogen (secondary N) is 1. The molecule has 1 aliphatic heterocycles. The Hall–Kier alpha value is -1.77. The zero-order chi connectivity index (χ0) is 22.0. The average molecular weight is 499 g/mol. The molecule has 2 heterocycles. The molecule has 6 nitrogen and oxygen atoms in total. The van der Waals surface area contributed by atoms with Gasteiger partial charge in [-0.05, 0) is 43.2 Å². The van der Waals surface area contributed by atoms with Crippen LogP contribution in [0.1, 0.15) is 12.8 Å². The van der Waals surface area contributed by atoms with Crippen LogP contribution in [0.25, 0.3) is 10.9 Å². The summed E-state index contributed by atoms with van der Waals surface area (Å²) in [6.07, 6.45) is 1.78. The molecule has 0 radical (unpaired) electrons. The molecule has 2 aromatic carbocycles. The molecule has 1 aliphatic rings. The van der Waals surface area contributed by atoms with Gasteiger partial charge in [0.2, 0.25) is 5.91 Å². The number of fused-ring (bicyclic) bond motifs is 1. The molecule has 1 aromatic heterocycles. The van der Waals surface area contributed by atoms with Gasteiger partial charge in [-0.2, -0.15) is 0 Å². The summed E-state index contributed by atoms with van der Waals surface area (Å²) in [5, 5.41) is 4.79. The predicted molar refractivity (Wildman–Crippen MR) is 126 cm³/mol. The minimum absolute atomic E-state index is 0.0194. The predicted octanol–water partition coefficient (Wildman–Crippen LogP) is 5.27. The van der Waals surface area contributed by atoms with Gasteiger partial charge >= 0.3 is 0 Å². The van der Waals surface area contributed by atoms with E-state index < -0.39 is 0 Å². The quantitative estimate of drug-likeness (QED) is 0.370. The first-order valence-corrected chi connectivity index (χ1v) is 11.7. The van der Waals surface area contributed by atoms with Crippen LogP contribution >= 0.6 is 46.6 Å². The van der Waals surface area contributed by atoms with Crippen LogP contribution in [0.3, 0.4) is 0 Å². The van der Waals surface area contributed by atoms with Crippen LogP contribution in [0.4, 0.5) is 5.69 Å². The Bertz CT molecular complexity index is 1180. The molecule has 1 atom stereocenters. The smallest absolute Gasteiger partial charge is 0.262 e. The summed E-state index contributed by atoms with van der Waals surface area (Å²) in [4.78, 5) is 30.3. The normalized spacial score (nSPS) is 16.0. The second kappa shape index (κ2) is 9.79. The zero-order valence-electron chi connectivity index (χ0n) is 16.2. The van der Waals surface area contributed by atoms with Gasteiger partial charge in [-0.3, -0.25) is 14.2 Å². The number of hydrogen-bond donors (Lipinski definition) is 1. The number of rotatable bonds is 6. The Kier molecular flexibility index (Phi) is 7.08. The molecule has 4 rings (SSSR count). The molecular formula is C21H18Cl3N3O3S. The number of carbonyl (C=O) groups is 1. The molecule has 3 aromatic rings. The van der Waals surface area contributed by atoms with Gasteiger partial charge < -0.3 is 10.1 Å². The fourth-order valence-corrected chi connectivity index (χ4v) is 4.83. The highest BCUT2D eigenvalue weighted by Gasteiger charge is 2.21. The third-order valence-electron chi connectivity index (χ3n) is 4.85. The lowest BCUT2D eigenvalue weighted by Gasteiger charge is -2.16. The molecule has 1 unspecified atom stereocenters. The van der Waals surface area contributed by atoms with E-state index in [2.05, 4.69) is 10.3 Å². The highest BCUT2D eigenvalue weighted by molar-refractivity contribution is 7.99. The fourth-order valence-electron chi connectivity index (χ4n) is 3.36. The number of hydrogen-bond acceptors (Lipinski definition) is 5. The summed E-state index contributed by atoms with van der Waals surface area (Å²) in [6, 6.07) is 9.95. The number of anilines is 1. The third kappa shape index (κ3) is 5.18. The van der Waals surface area contributed by atoms with Gasteiger partial charge in [0.25, 0.3) is 5.56 Å². The van der Waals surface area contributed by atoms with Gasteiger partial charge in [0.15, 0.2) is 5.16 Å². The molecule has 31 heavy (non-hydrogen) atoms. The summed E-state index contributed by atoms with van der Waals surface area (Å²) >= 11 is 19.5. The number of nitrogens with zero attached hydrogens (tertiary/aromatic N) is 2. The number of thioether (sulfide) groups is 1. The summed E-state index contributed by atoms with van der Waals surface area (Å²) in [7, 11) is 0. The number of halogens is 3. The number of para-hydroxylation sites is 1. The van der Waals surface area contributed by atoms with E-state index in [-0.39, 0.29) is 23.3 Å². The van der Waals surface area contributed by atoms with Gasteiger partial charge in [0.05, 0.1) is 45.0 Å². The highest BCUT2D eigenvalue weighted by atomic mass is 35.5. The van der Waals surface area contributed by atoms with Crippen molar-refractivity contribution in [2.75, 3.05) is 17.7 Å². The van der Waals surface area contributed by atoms with Gasteiger partial charge in [-0.25, -0.2) is 4.98 Å². The Morgan fingerprint density at radius 1 is 1.23 bits per heavy atom. The summed E-state index contributed by atoms with van der Waals surface area (Å²) in [5.74, 6) is -0.296. The van der Waals surface area contributed by atoms with Crippen molar-refractivity contribution in [2.45, 2.75) is 30.6 Å². The van der Waals surface area contributed by atoms with Crippen LogP contribution in [0.15, 0.2) is 46.3 Å². The van der Waals surface area contributed by atoms with Crippen LogP contribution in [-0.4, -0.2) is 33.9 Å². The van der Waals surface area contributed by atoms with Crippen molar-refractivity contribution in [1.29, 1.82) is 0 Å². The third-order valence-corrected chi connectivity index (χ3v) is 6.69. The Labute approximate surface area is 197 Å². The van der Waals surface area contributed by atoms with Crippen LogP contribution in [0, 0.1) is 0 Å². The Balaban J connectivity index is 1.60. The average Bonchev–Trinajstić information content (AvgIpc) is 3.25. The molecule has 10 heteroatoms. The van der Waals surface area contributed by atoms with Crippen molar-refractivity contribution in [3.8, 4) is 0 Å². The SMILES string of the molecule is O=C(CSc1nc2cc(Cl)ccc2c(=O)n1CC1CCCO1)Nc1c(Cl)cccc1Cl. The van der Waals surface area contributed by atoms with Crippen LogP contribution in [0.5, 0.6) is 0 Å². The maximum Gasteiger partial charge on any atom is 0.262 e. The minimum Gasteiger partial charge on any atom is -0.376 e. The number of aromatic nitrogens is 2. The summed E-state index contributed by atoms with van der Waals surface area (Å²) in [5.41, 5.74) is 0.652. The second-order valence-corrected chi connectivity index (χ2v) is 9.23. The highest BCUT2D eigenvalue weighted by Crippen LogP contribution is 2.30. The molecule has 0 aliphatic carbocycles. The van der Waals surface area contributed by atoms with Crippen molar-refractivity contribution in [3.63, 3.8) is 0 Å². The van der Waals surface area contributed by atoms with Crippen molar-refractivity contribution in [3.05, 3.63) is 61.8 Å². The zero-order valence-corrected chi connectivity index (χ0v) is 19.3. The van der Waals surface area contributed by atoms with Gasteiger partial charge in [-0.15, -0.1) is 0 Å². The molecule has 1 fully saturated rings. The van der Waals surface area contributed by atoms with Crippen molar-refractivity contribution >= 4 is 69.1 Å². The molecule has 1 saturated heterocycles. The van der Waals surface area contributed by atoms with Crippen LogP contribution in [-0.2, 0) is 16.1 Å². The molecule has 1 N–H and O–H groups in total. The Morgan fingerprint density at radius 2 is 2.00 bits per heavy atom. The number of benzene rings is 2. The van der Waals surface area contributed by atoms with E-state index in [1.807, 2.05) is 0 Å². The lowest BCUT2D eigenvalue weighted by atomic mass is 10.2. The van der Waals surface area contributed by atoms with E-state index in [1.54, 1.807) is 41.0 Å². The minimum atomic E-state index is -0.316. The van der Waals surface area contributed by atoms with E-state index in [9.17, 15) is 9.59 Å². The lowest BCUT2D eigenvalue weighted by molar-refractivity contribution is -0.113. The van der Waals surface area contributed by atoms with E-state index in [0.717, 1.165) is 24.6 Å². The maximum atomic E-state index is 13.1. The van der Waals surface area contributed by atoms with Crippen molar-refractivity contribution in [1.82, 2.24) is 9.55 Å². The van der Waals surface area contributed by atoms with Crippen LogP contribution < -0.4 is 10.9 Å². The summed E-state index contributed by atoms with van der Waals surface area (Å²) < 4.78 is 7.28. The first-order valence-electron chi connectivity index (χ1n) is 9.61. The standard InChI is InChI=1S/C21H18Cl3N3O3S/c22-12-6-7-14-17(9-12)25-21(27(20(14)29)10-13-3-2-8-30-13)31-11-18(28)26-19-15(23)4-1-5-16(19)24/h1,4-7,9,13H,2-3,8,10-11H2,(H,26,28). The van der Waals surface area contributed by atoms with Crippen molar-refractivity contribution in [2.24, 2.45) is 0 Å². The maximum absolute atomic E-state index is 13.1. The molecule has 1 amide bonds. The van der Waals surface area contributed by atoms with Crippen molar-refractivity contribution < 1.29 is 9.53 Å². The summed E-state index contributed by atoms with van der Waals surface area (Å²) in [6.45, 7) is 1.06. The van der Waals surface area contributed by atoms with E-state index in [4.69, 9.17) is 39.5 Å².